The maximum absolute atomic E-state index is 11.2. The number of esters is 2. The summed E-state index contributed by atoms with van der Waals surface area (Å²) in [6, 6.07) is 0. The molecule has 0 rings (SSSR count). The van der Waals surface area contributed by atoms with Crippen molar-refractivity contribution in [3.05, 3.63) is 0 Å². The zero-order chi connectivity index (χ0) is 12.7. The molecule has 16 heavy (non-hydrogen) atoms. The largest absolute Gasteiger partial charge is 0.461 e. The molecule has 0 bridgehead atoms. The highest BCUT2D eigenvalue weighted by atomic mass is 79.9. The summed E-state index contributed by atoms with van der Waals surface area (Å²) in [5.41, 5.74) is 0. The molecule has 4 nitrogen and oxygen atoms in total. The van der Waals surface area contributed by atoms with Gasteiger partial charge in [-0.2, -0.15) is 0 Å². The van der Waals surface area contributed by atoms with Crippen molar-refractivity contribution in [2.24, 2.45) is 0 Å². The summed E-state index contributed by atoms with van der Waals surface area (Å²) < 4.78 is 9.86. The Bertz CT molecular complexity index is 246. The van der Waals surface area contributed by atoms with Gasteiger partial charge in [0.05, 0.1) is 5.88 Å². The quantitative estimate of drug-likeness (QED) is 0.524. The molecule has 0 unspecified atom stereocenters. The average Bonchev–Trinajstić information content (AvgIpc) is 2.22. The second-order valence-electron chi connectivity index (χ2n) is 3.08. The topological polar surface area (TPSA) is 52.6 Å². The van der Waals surface area contributed by atoms with Crippen LogP contribution in [0.2, 0.25) is 0 Å². The summed E-state index contributed by atoms with van der Waals surface area (Å²) in [6.45, 7) is 3.24. The van der Waals surface area contributed by atoms with Crippen molar-refractivity contribution in [1.82, 2.24) is 0 Å². The Balaban J connectivity index is 4.02. The van der Waals surface area contributed by atoms with E-state index in [1.165, 1.54) is 0 Å². The van der Waals surface area contributed by atoms with E-state index in [0.29, 0.717) is 0 Å². The smallest absolute Gasteiger partial charge is 0.319 e. The van der Waals surface area contributed by atoms with Crippen LogP contribution in [0.25, 0.3) is 0 Å². The number of alkyl halides is 3. The molecule has 0 aliphatic heterocycles. The van der Waals surface area contributed by atoms with Crippen LogP contribution in [0.15, 0.2) is 0 Å². The SMILES string of the molecule is C[C@@H](Br)C(=O)OC[C@H](CCl)OC(=O)[C@@H](C)Br. The van der Waals surface area contributed by atoms with Crippen LogP contribution in [0.1, 0.15) is 13.8 Å². The Morgan fingerprint density at radius 2 is 1.69 bits per heavy atom. The molecule has 7 heteroatoms. The summed E-state index contributed by atoms with van der Waals surface area (Å²) in [4.78, 5) is 21.5. The van der Waals surface area contributed by atoms with E-state index in [-0.39, 0.29) is 12.5 Å². The number of rotatable bonds is 6. The summed E-state index contributed by atoms with van der Waals surface area (Å²) >= 11 is 11.7. The maximum Gasteiger partial charge on any atom is 0.319 e. The molecule has 0 saturated carbocycles. The molecule has 0 fully saturated rings. The van der Waals surface area contributed by atoms with Crippen LogP contribution in [0.5, 0.6) is 0 Å². The molecule has 0 aliphatic rings. The molecular formula is C9H13Br2ClO4. The van der Waals surface area contributed by atoms with Gasteiger partial charge in [0.15, 0.2) is 0 Å². The van der Waals surface area contributed by atoms with Crippen molar-refractivity contribution >= 4 is 55.4 Å². The van der Waals surface area contributed by atoms with E-state index in [1.54, 1.807) is 13.8 Å². The van der Waals surface area contributed by atoms with Crippen molar-refractivity contribution in [2.75, 3.05) is 12.5 Å². The lowest BCUT2D eigenvalue weighted by Crippen LogP contribution is -2.30. The Labute approximate surface area is 116 Å². The fraction of sp³-hybridized carbons (Fsp3) is 0.778. The van der Waals surface area contributed by atoms with Gasteiger partial charge in [-0.05, 0) is 13.8 Å². The second-order valence-corrected chi connectivity index (χ2v) is 6.13. The molecule has 0 aromatic heterocycles. The van der Waals surface area contributed by atoms with Crippen LogP contribution in [0, 0.1) is 0 Å². The molecule has 0 saturated heterocycles. The van der Waals surface area contributed by atoms with Crippen molar-refractivity contribution in [3.8, 4) is 0 Å². The van der Waals surface area contributed by atoms with Crippen LogP contribution in [-0.2, 0) is 19.1 Å². The monoisotopic (exact) mass is 378 g/mol. The molecule has 3 atom stereocenters. The van der Waals surface area contributed by atoms with Gasteiger partial charge in [0.2, 0.25) is 0 Å². The second kappa shape index (κ2) is 8.31. The van der Waals surface area contributed by atoms with E-state index >= 15 is 0 Å². The molecule has 0 N–H and O–H groups in total. The fourth-order valence-electron chi connectivity index (χ4n) is 0.658. The van der Waals surface area contributed by atoms with E-state index in [2.05, 4.69) is 31.9 Å². The zero-order valence-electron chi connectivity index (χ0n) is 8.91. The van der Waals surface area contributed by atoms with Gasteiger partial charge in [0.1, 0.15) is 22.4 Å². The van der Waals surface area contributed by atoms with Crippen LogP contribution in [0.4, 0.5) is 0 Å². The van der Waals surface area contributed by atoms with Crippen LogP contribution in [0.3, 0.4) is 0 Å². The minimum Gasteiger partial charge on any atom is -0.461 e. The van der Waals surface area contributed by atoms with Crippen LogP contribution < -0.4 is 0 Å². The standard InChI is InChI=1S/C9H13Br2ClO4/c1-5(10)8(13)15-4-7(3-12)16-9(14)6(2)11/h5-7H,3-4H2,1-2H3/t5-,6-,7+/m1/s1. The Morgan fingerprint density at radius 3 is 2.06 bits per heavy atom. The molecule has 0 aliphatic carbocycles. The van der Waals surface area contributed by atoms with Gasteiger partial charge in [-0.3, -0.25) is 9.59 Å². The van der Waals surface area contributed by atoms with E-state index in [4.69, 9.17) is 21.1 Å². The molecule has 0 spiro atoms. The zero-order valence-corrected chi connectivity index (χ0v) is 12.8. The van der Waals surface area contributed by atoms with E-state index in [1.807, 2.05) is 0 Å². The van der Waals surface area contributed by atoms with Gasteiger partial charge in [0, 0.05) is 0 Å². The van der Waals surface area contributed by atoms with Gasteiger partial charge in [0.25, 0.3) is 0 Å². The molecule has 0 heterocycles. The number of hydrogen-bond acceptors (Lipinski definition) is 4. The predicted molar refractivity (Wildman–Crippen MR) is 68.3 cm³/mol. The lowest BCUT2D eigenvalue weighted by molar-refractivity contribution is -0.156. The predicted octanol–water partition coefficient (Wildman–Crippen LogP) is 2.25. The lowest BCUT2D eigenvalue weighted by atomic mass is 10.4. The van der Waals surface area contributed by atoms with Crippen molar-refractivity contribution in [2.45, 2.75) is 29.6 Å². The third kappa shape index (κ3) is 6.70. The Kier molecular flexibility index (Phi) is 8.40. The fourth-order valence-corrected chi connectivity index (χ4v) is 1.05. The normalized spacial score (nSPS) is 16.1. The average molecular weight is 380 g/mol. The minimum absolute atomic E-state index is 0.0380. The Morgan fingerprint density at radius 1 is 1.19 bits per heavy atom. The molecule has 94 valence electrons. The number of hydrogen-bond donors (Lipinski definition) is 0. The first-order valence-corrected chi connectivity index (χ1v) is 6.96. The van der Waals surface area contributed by atoms with E-state index < -0.39 is 27.7 Å². The van der Waals surface area contributed by atoms with Gasteiger partial charge in [-0.15, -0.1) is 11.6 Å². The van der Waals surface area contributed by atoms with Gasteiger partial charge in [-0.1, -0.05) is 31.9 Å². The van der Waals surface area contributed by atoms with E-state index in [9.17, 15) is 9.59 Å². The van der Waals surface area contributed by atoms with Crippen molar-refractivity contribution in [3.63, 3.8) is 0 Å². The van der Waals surface area contributed by atoms with Crippen LogP contribution in [-0.4, -0.2) is 40.2 Å². The molecule has 0 radical (unpaired) electrons. The van der Waals surface area contributed by atoms with Gasteiger partial charge >= 0.3 is 11.9 Å². The van der Waals surface area contributed by atoms with E-state index in [0.717, 1.165) is 0 Å². The first-order valence-electron chi connectivity index (χ1n) is 4.59. The summed E-state index contributed by atoms with van der Waals surface area (Å²) in [5.74, 6) is -0.776. The minimum atomic E-state index is -0.621. The maximum atomic E-state index is 11.2. The highest BCUT2D eigenvalue weighted by Crippen LogP contribution is 2.07. The third-order valence-corrected chi connectivity index (χ3v) is 2.61. The molecular weight excluding hydrogens is 367 g/mol. The third-order valence-electron chi connectivity index (χ3n) is 1.52. The van der Waals surface area contributed by atoms with Gasteiger partial charge in [-0.25, -0.2) is 0 Å². The molecule has 0 aromatic carbocycles. The lowest BCUT2D eigenvalue weighted by Gasteiger charge is -2.16. The number of carbonyl (C=O) groups excluding carboxylic acids is 2. The molecule has 0 aromatic rings. The number of ether oxygens (including phenoxy) is 2. The first-order chi connectivity index (χ1) is 7.38. The summed E-state index contributed by atoms with van der Waals surface area (Å²) in [6.07, 6.45) is -0.621. The Hall–Kier alpha value is 0.190. The van der Waals surface area contributed by atoms with Crippen molar-refractivity contribution in [1.29, 1.82) is 0 Å². The number of carbonyl (C=O) groups is 2. The van der Waals surface area contributed by atoms with Gasteiger partial charge < -0.3 is 9.47 Å². The van der Waals surface area contributed by atoms with Crippen LogP contribution >= 0.6 is 43.5 Å². The molecule has 0 amide bonds. The summed E-state index contributed by atoms with van der Waals surface area (Å²) in [5, 5.41) is 0. The van der Waals surface area contributed by atoms with Crippen molar-refractivity contribution < 1.29 is 19.1 Å². The first kappa shape index (κ1) is 16.2. The highest BCUT2D eigenvalue weighted by molar-refractivity contribution is 9.10. The number of halogens is 3. The highest BCUT2D eigenvalue weighted by Gasteiger charge is 2.20. The summed E-state index contributed by atoms with van der Waals surface area (Å²) in [7, 11) is 0.